The Bertz CT molecular complexity index is 1020. The lowest BCUT2D eigenvalue weighted by Crippen LogP contribution is -2.38. The number of anilines is 2. The van der Waals surface area contributed by atoms with Crippen LogP contribution in [0, 0.1) is 11.8 Å². The summed E-state index contributed by atoms with van der Waals surface area (Å²) in [5.74, 6) is 1.73. The lowest BCUT2D eigenvalue weighted by atomic mass is 9.99. The molecule has 0 amide bonds. The van der Waals surface area contributed by atoms with Crippen LogP contribution in [0.1, 0.15) is 39.2 Å². The molecule has 8 heteroatoms. The van der Waals surface area contributed by atoms with E-state index in [0.717, 1.165) is 73.3 Å². The van der Waals surface area contributed by atoms with E-state index < -0.39 is 21.6 Å². The standard InChI is InChI=1S/C26H36N2O4S2/c1-4-21-5-7-23(8-6-21)28(18-20(2)3)34(31-32-34)24-9-10-25-26(17-24)33(29)16-13-27(25)19-22-11-14-30-15-12-22/h5-10,17,20,22H,4,11-16,18-19H2,1-3H3. The summed E-state index contributed by atoms with van der Waals surface area (Å²) in [5.41, 5.74) is 3.50. The van der Waals surface area contributed by atoms with Crippen LogP contribution in [0.5, 0.6) is 0 Å². The monoisotopic (exact) mass is 504 g/mol. The van der Waals surface area contributed by atoms with Gasteiger partial charge in [-0.25, -0.2) is 0 Å². The molecule has 5 rings (SSSR count). The smallest absolute Gasteiger partial charge is 0.0881 e. The van der Waals surface area contributed by atoms with Gasteiger partial charge in [-0.15, -0.1) is 0 Å². The Kier molecular flexibility index (Phi) is 7.23. The number of rotatable bonds is 8. The fourth-order valence-electron chi connectivity index (χ4n) is 4.83. The zero-order valence-electron chi connectivity index (χ0n) is 20.4. The van der Waals surface area contributed by atoms with Crippen molar-refractivity contribution in [3.63, 3.8) is 0 Å². The highest BCUT2D eigenvalue weighted by Crippen LogP contribution is 2.74. The highest BCUT2D eigenvalue weighted by molar-refractivity contribution is 8.30. The highest BCUT2D eigenvalue weighted by Gasteiger charge is 2.48. The van der Waals surface area contributed by atoms with E-state index in [4.69, 9.17) is 13.4 Å². The van der Waals surface area contributed by atoms with Crippen LogP contribution in [0.4, 0.5) is 11.4 Å². The molecule has 2 saturated heterocycles. The Hall–Kier alpha value is -1.58. The Morgan fingerprint density at radius 3 is 2.50 bits per heavy atom. The molecule has 3 heterocycles. The van der Waals surface area contributed by atoms with Gasteiger partial charge in [0.25, 0.3) is 0 Å². The molecule has 1 unspecified atom stereocenters. The Morgan fingerprint density at radius 1 is 1.12 bits per heavy atom. The maximum Gasteiger partial charge on any atom is 0.0881 e. The summed E-state index contributed by atoms with van der Waals surface area (Å²) < 4.78 is 32.5. The Balaban J connectivity index is 1.45. The van der Waals surface area contributed by atoms with Crippen molar-refractivity contribution in [2.45, 2.75) is 49.8 Å². The molecule has 2 aromatic carbocycles. The summed E-state index contributed by atoms with van der Waals surface area (Å²) in [7, 11) is -3.07. The van der Waals surface area contributed by atoms with Crippen LogP contribution in [0.15, 0.2) is 52.3 Å². The van der Waals surface area contributed by atoms with E-state index in [2.05, 4.69) is 72.4 Å². The minimum absolute atomic E-state index is 0.435. The van der Waals surface area contributed by atoms with Crippen LogP contribution in [0.3, 0.4) is 0 Å². The summed E-state index contributed by atoms with van der Waals surface area (Å²) in [6.07, 6.45) is 3.21. The van der Waals surface area contributed by atoms with E-state index >= 15 is 0 Å². The molecule has 6 nitrogen and oxygen atoms in total. The highest BCUT2D eigenvalue weighted by atomic mass is 32.3. The SMILES string of the molecule is CCc1ccc(N(CC(C)C)S2(c3ccc4c(c3)S(=O)CCN4CC3CCOCC3)OO2)cc1. The minimum Gasteiger partial charge on any atom is -0.381 e. The van der Waals surface area contributed by atoms with Gasteiger partial charge in [0, 0.05) is 38.6 Å². The molecule has 0 bridgehead atoms. The van der Waals surface area contributed by atoms with E-state index in [1.54, 1.807) is 0 Å². The second kappa shape index (κ2) is 10.2. The predicted molar refractivity (Wildman–Crippen MR) is 140 cm³/mol. The molecule has 186 valence electrons. The average molecular weight is 505 g/mol. The Labute approximate surface area is 207 Å². The zero-order valence-corrected chi connectivity index (χ0v) is 22.0. The number of fused-ring (bicyclic) bond motifs is 1. The molecule has 2 aromatic rings. The first-order valence-corrected chi connectivity index (χ1v) is 15.2. The normalized spacial score (nSPS) is 22.9. The van der Waals surface area contributed by atoms with Gasteiger partial charge < -0.3 is 9.64 Å². The van der Waals surface area contributed by atoms with E-state index in [1.165, 1.54) is 5.56 Å². The molecule has 1 atom stereocenters. The van der Waals surface area contributed by atoms with Gasteiger partial charge in [0.1, 0.15) is 0 Å². The van der Waals surface area contributed by atoms with Crippen molar-refractivity contribution in [1.29, 1.82) is 0 Å². The number of benzene rings is 2. The summed E-state index contributed by atoms with van der Waals surface area (Å²) in [6, 6.07) is 15.0. The largest absolute Gasteiger partial charge is 0.381 e. The zero-order chi connectivity index (χ0) is 23.7. The first-order chi connectivity index (χ1) is 16.5. The summed E-state index contributed by atoms with van der Waals surface area (Å²) >= 11 is 0. The molecular weight excluding hydrogens is 468 g/mol. The molecule has 3 aliphatic heterocycles. The predicted octanol–water partition coefficient (Wildman–Crippen LogP) is 5.64. The van der Waals surface area contributed by atoms with Crippen molar-refractivity contribution >= 4 is 33.0 Å². The minimum atomic E-state index is -2.06. The van der Waals surface area contributed by atoms with Gasteiger partial charge in [-0.05, 0) is 77.8 Å². The summed E-state index contributed by atoms with van der Waals surface area (Å²) in [4.78, 5) is 4.31. The van der Waals surface area contributed by atoms with E-state index in [-0.39, 0.29) is 0 Å². The summed E-state index contributed by atoms with van der Waals surface area (Å²) in [6.45, 7) is 10.9. The van der Waals surface area contributed by atoms with Crippen LogP contribution in [-0.2, 0) is 30.6 Å². The van der Waals surface area contributed by atoms with Crippen molar-refractivity contribution < 1.29 is 17.6 Å². The quantitative estimate of drug-likeness (QED) is 0.343. The van der Waals surface area contributed by atoms with Crippen molar-refractivity contribution in [1.82, 2.24) is 0 Å². The van der Waals surface area contributed by atoms with Crippen LogP contribution in [-0.4, -0.2) is 42.8 Å². The third kappa shape index (κ3) is 4.88. The first-order valence-electron chi connectivity index (χ1n) is 12.4. The van der Waals surface area contributed by atoms with Gasteiger partial charge in [0.2, 0.25) is 0 Å². The topological polar surface area (TPSA) is 57.8 Å². The van der Waals surface area contributed by atoms with Gasteiger partial charge in [0.15, 0.2) is 0 Å². The number of hydrogen-bond acceptors (Lipinski definition) is 6. The molecule has 3 aliphatic rings. The fraction of sp³-hybridized carbons (Fsp3) is 0.538. The lowest BCUT2D eigenvalue weighted by molar-refractivity contribution is 0.0682. The van der Waals surface area contributed by atoms with Crippen LogP contribution in [0.25, 0.3) is 0 Å². The van der Waals surface area contributed by atoms with Crippen molar-refractivity contribution in [3.05, 3.63) is 48.0 Å². The second-order valence-corrected chi connectivity index (χ2v) is 13.4. The lowest BCUT2D eigenvalue weighted by Gasteiger charge is -2.37. The number of nitrogens with zero attached hydrogens (tertiary/aromatic N) is 2. The van der Waals surface area contributed by atoms with Gasteiger partial charge in [-0.2, -0.15) is 0 Å². The number of aryl methyl sites for hydroxylation is 1. The molecule has 0 saturated carbocycles. The molecule has 0 N–H and O–H groups in total. The number of hydrogen-bond donors (Lipinski definition) is 0. The van der Waals surface area contributed by atoms with Crippen molar-refractivity contribution in [3.8, 4) is 0 Å². The maximum absolute atomic E-state index is 13.1. The maximum atomic E-state index is 13.1. The Morgan fingerprint density at radius 2 is 1.85 bits per heavy atom. The first kappa shape index (κ1) is 24.1. The fourth-order valence-corrected chi connectivity index (χ4v) is 8.37. The van der Waals surface area contributed by atoms with Crippen LogP contribution < -0.4 is 9.21 Å². The summed E-state index contributed by atoms with van der Waals surface area (Å²) in [5, 5.41) is 0. The molecule has 2 fully saturated rings. The average Bonchev–Trinajstić information content (AvgIpc) is 3.67. The van der Waals surface area contributed by atoms with Crippen LogP contribution >= 0.6 is 10.8 Å². The van der Waals surface area contributed by atoms with Crippen LogP contribution in [0.2, 0.25) is 0 Å². The van der Waals surface area contributed by atoms with Gasteiger partial charge in [-0.3, -0.25) is 8.51 Å². The molecule has 0 aromatic heterocycles. The second-order valence-electron chi connectivity index (χ2n) is 9.77. The third-order valence-corrected chi connectivity index (χ3v) is 10.4. The van der Waals surface area contributed by atoms with Crippen molar-refractivity contribution in [2.75, 3.05) is 47.8 Å². The molecule has 0 radical (unpaired) electrons. The van der Waals surface area contributed by atoms with E-state index in [9.17, 15) is 4.21 Å². The molecular formula is C26H36N2O4S2. The third-order valence-electron chi connectivity index (χ3n) is 6.83. The molecule has 34 heavy (non-hydrogen) atoms. The van der Waals surface area contributed by atoms with E-state index in [1.807, 2.05) is 0 Å². The number of ether oxygens (including phenoxy) is 1. The van der Waals surface area contributed by atoms with Gasteiger partial charge >= 0.3 is 0 Å². The van der Waals surface area contributed by atoms with Crippen molar-refractivity contribution in [2.24, 2.45) is 11.8 Å². The van der Waals surface area contributed by atoms with Gasteiger partial charge in [-0.1, -0.05) is 41.6 Å². The van der Waals surface area contributed by atoms with E-state index in [0.29, 0.717) is 17.6 Å². The molecule has 0 aliphatic carbocycles. The van der Waals surface area contributed by atoms with Gasteiger partial charge in [0.05, 0.1) is 32.0 Å². The molecule has 0 spiro atoms.